The highest BCUT2D eigenvalue weighted by Gasteiger charge is 2.33. The zero-order valence-corrected chi connectivity index (χ0v) is 10.2. The smallest absolute Gasteiger partial charge is 0.179 e. The van der Waals surface area contributed by atoms with Crippen LogP contribution in [0.25, 0.3) is 11.2 Å². The van der Waals surface area contributed by atoms with Crippen molar-refractivity contribution in [2.45, 2.75) is 25.3 Å². The maximum atomic E-state index is 4.61. The van der Waals surface area contributed by atoms with Gasteiger partial charge < -0.3 is 15.6 Å². The topological polar surface area (TPSA) is 65.6 Å². The Kier molecular flexibility index (Phi) is 2.29. The molecule has 2 aromatic rings. The van der Waals surface area contributed by atoms with E-state index in [4.69, 9.17) is 0 Å². The average molecular weight is 231 g/mol. The van der Waals surface area contributed by atoms with Gasteiger partial charge in [0.15, 0.2) is 5.65 Å². The van der Waals surface area contributed by atoms with Crippen LogP contribution in [-0.4, -0.2) is 28.5 Å². The van der Waals surface area contributed by atoms with Crippen LogP contribution in [0.15, 0.2) is 12.1 Å². The molecule has 17 heavy (non-hydrogen) atoms. The molecule has 0 bridgehead atoms. The summed E-state index contributed by atoms with van der Waals surface area (Å²) in [5, 5.41) is 6.53. The van der Waals surface area contributed by atoms with E-state index in [0.29, 0.717) is 0 Å². The number of H-pyrrole nitrogens is 1. The van der Waals surface area contributed by atoms with Crippen LogP contribution < -0.4 is 10.6 Å². The highest BCUT2D eigenvalue weighted by Crippen LogP contribution is 2.29. The number of rotatable bonds is 2. The van der Waals surface area contributed by atoms with Crippen molar-refractivity contribution in [2.24, 2.45) is 0 Å². The van der Waals surface area contributed by atoms with Crippen molar-refractivity contribution in [1.82, 2.24) is 20.3 Å². The van der Waals surface area contributed by atoms with E-state index in [1.807, 2.05) is 19.2 Å². The van der Waals surface area contributed by atoms with Gasteiger partial charge in [-0.25, -0.2) is 9.97 Å². The van der Waals surface area contributed by atoms with Crippen molar-refractivity contribution in [1.29, 1.82) is 0 Å². The second-order valence-corrected chi connectivity index (χ2v) is 4.77. The lowest BCUT2D eigenvalue weighted by Gasteiger charge is -2.20. The maximum Gasteiger partial charge on any atom is 0.179 e. The normalized spacial score (nSPS) is 24.4. The summed E-state index contributed by atoms with van der Waals surface area (Å²) in [7, 11) is 1.86. The third-order valence-corrected chi connectivity index (χ3v) is 3.49. The van der Waals surface area contributed by atoms with Crippen LogP contribution in [-0.2, 0) is 5.54 Å². The molecule has 2 aromatic heterocycles. The second kappa shape index (κ2) is 3.70. The Hall–Kier alpha value is -1.62. The summed E-state index contributed by atoms with van der Waals surface area (Å²) in [4.78, 5) is 12.4. The highest BCUT2D eigenvalue weighted by molar-refractivity contribution is 5.73. The number of hydrogen-bond donors (Lipinski definition) is 3. The second-order valence-electron chi connectivity index (χ2n) is 4.77. The van der Waals surface area contributed by atoms with E-state index in [2.05, 4.69) is 32.5 Å². The van der Waals surface area contributed by atoms with Crippen molar-refractivity contribution in [2.75, 3.05) is 18.9 Å². The van der Waals surface area contributed by atoms with Crippen LogP contribution in [0.5, 0.6) is 0 Å². The Labute approximate surface area is 100 Å². The molecular formula is C12H17N5. The summed E-state index contributed by atoms with van der Waals surface area (Å²) in [6, 6.07) is 3.97. The van der Waals surface area contributed by atoms with Gasteiger partial charge in [-0.15, -0.1) is 0 Å². The van der Waals surface area contributed by atoms with E-state index >= 15 is 0 Å². The summed E-state index contributed by atoms with van der Waals surface area (Å²) in [5.74, 6) is 1.84. The zero-order valence-electron chi connectivity index (χ0n) is 10.2. The fraction of sp³-hybridized carbons (Fsp3) is 0.500. The molecule has 5 nitrogen and oxygen atoms in total. The number of aromatic amines is 1. The third kappa shape index (κ3) is 1.67. The molecule has 0 aromatic carbocycles. The van der Waals surface area contributed by atoms with E-state index in [9.17, 15) is 0 Å². The van der Waals surface area contributed by atoms with Gasteiger partial charge in [-0.1, -0.05) is 0 Å². The molecule has 90 valence electrons. The number of fused-ring (bicyclic) bond motifs is 1. The van der Waals surface area contributed by atoms with E-state index in [1.54, 1.807) is 0 Å². The van der Waals surface area contributed by atoms with Crippen LogP contribution in [0.2, 0.25) is 0 Å². The van der Waals surface area contributed by atoms with Gasteiger partial charge in [-0.05, 0) is 38.4 Å². The van der Waals surface area contributed by atoms with Crippen molar-refractivity contribution >= 4 is 17.0 Å². The van der Waals surface area contributed by atoms with Gasteiger partial charge in [0.1, 0.15) is 11.6 Å². The first-order chi connectivity index (χ1) is 8.21. The molecule has 5 heteroatoms. The van der Waals surface area contributed by atoms with Crippen LogP contribution >= 0.6 is 0 Å². The van der Waals surface area contributed by atoms with E-state index in [-0.39, 0.29) is 5.54 Å². The Bertz CT molecular complexity index is 539. The Morgan fingerprint density at radius 1 is 1.35 bits per heavy atom. The van der Waals surface area contributed by atoms with Gasteiger partial charge in [0.05, 0.1) is 11.1 Å². The molecule has 0 amide bonds. The molecule has 1 fully saturated rings. The number of pyridine rings is 1. The van der Waals surface area contributed by atoms with Crippen molar-refractivity contribution in [3.05, 3.63) is 18.0 Å². The Balaban J connectivity index is 2.07. The van der Waals surface area contributed by atoms with Gasteiger partial charge in [-0.2, -0.15) is 0 Å². The first-order valence-electron chi connectivity index (χ1n) is 6.01. The molecule has 1 aliphatic heterocycles. The predicted octanol–water partition coefficient (Wildman–Crippen LogP) is 1.60. The summed E-state index contributed by atoms with van der Waals surface area (Å²) in [6.45, 7) is 3.25. The van der Waals surface area contributed by atoms with Gasteiger partial charge >= 0.3 is 0 Å². The third-order valence-electron chi connectivity index (χ3n) is 3.49. The quantitative estimate of drug-likeness (QED) is 0.734. The monoisotopic (exact) mass is 231 g/mol. The molecule has 1 saturated heterocycles. The molecule has 0 saturated carbocycles. The minimum absolute atomic E-state index is 0.0273. The number of anilines is 1. The van der Waals surface area contributed by atoms with Gasteiger partial charge in [0, 0.05) is 7.05 Å². The summed E-state index contributed by atoms with van der Waals surface area (Å²) >= 11 is 0. The number of imidazole rings is 1. The fourth-order valence-corrected chi connectivity index (χ4v) is 2.39. The average Bonchev–Trinajstić information content (AvgIpc) is 2.94. The lowest BCUT2D eigenvalue weighted by Crippen LogP contribution is -2.34. The largest absolute Gasteiger partial charge is 0.373 e. The Morgan fingerprint density at radius 3 is 2.94 bits per heavy atom. The molecule has 3 heterocycles. The number of nitrogens with one attached hydrogen (secondary N) is 3. The van der Waals surface area contributed by atoms with E-state index < -0.39 is 0 Å². The van der Waals surface area contributed by atoms with Crippen molar-refractivity contribution in [3.8, 4) is 0 Å². The Morgan fingerprint density at radius 2 is 2.24 bits per heavy atom. The van der Waals surface area contributed by atoms with Crippen molar-refractivity contribution in [3.63, 3.8) is 0 Å². The van der Waals surface area contributed by atoms with Crippen LogP contribution in [0.3, 0.4) is 0 Å². The van der Waals surface area contributed by atoms with Gasteiger partial charge in [0.25, 0.3) is 0 Å². The summed E-state index contributed by atoms with van der Waals surface area (Å²) in [5.41, 5.74) is 1.75. The first kappa shape index (κ1) is 10.5. The molecule has 3 rings (SSSR count). The molecule has 1 unspecified atom stereocenters. The molecule has 0 radical (unpaired) electrons. The van der Waals surface area contributed by atoms with Crippen LogP contribution in [0, 0.1) is 0 Å². The SMILES string of the molecule is CNc1ccc2[nH]c(C3(C)CCCN3)nc2n1. The maximum absolute atomic E-state index is 4.61. The fourth-order valence-electron chi connectivity index (χ4n) is 2.39. The van der Waals surface area contributed by atoms with Gasteiger partial charge in [0.2, 0.25) is 0 Å². The minimum Gasteiger partial charge on any atom is -0.373 e. The van der Waals surface area contributed by atoms with E-state index in [0.717, 1.165) is 35.8 Å². The van der Waals surface area contributed by atoms with Crippen molar-refractivity contribution < 1.29 is 0 Å². The number of hydrogen-bond acceptors (Lipinski definition) is 4. The number of nitrogens with zero attached hydrogens (tertiary/aromatic N) is 2. The molecule has 0 spiro atoms. The van der Waals surface area contributed by atoms with Crippen LogP contribution in [0.1, 0.15) is 25.6 Å². The summed E-state index contributed by atoms with van der Waals surface area (Å²) < 4.78 is 0. The highest BCUT2D eigenvalue weighted by atomic mass is 15.1. The molecular weight excluding hydrogens is 214 g/mol. The standard InChI is InChI=1S/C12H17N5/c1-12(6-3-7-14-12)11-15-8-4-5-9(13-2)16-10(8)17-11/h4-5,14H,3,6-7H2,1-2H3,(H2,13,15,16,17). The zero-order chi connectivity index (χ0) is 11.9. The first-order valence-corrected chi connectivity index (χ1v) is 6.01. The number of aromatic nitrogens is 3. The predicted molar refractivity (Wildman–Crippen MR) is 68.0 cm³/mol. The molecule has 1 aliphatic rings. The van der Waals surface area contributed by atoms with E-state index in [1.165, 1.54) is 6.42 Å². The molecule has 1 atom stereocenters. The van der Waals surface area contributed by atoms with Crippen LogP contribution in [0.4, 0.5) is 5.82 Å². The lowest BCUT2D eigenvalue weighted by atomic mass is 10.00. The molecule has 0 aliphatic carbocycles. The minimum atomic E-state index is -0.0273. The molecule has 3 N–H and O–H groups in total. The van der Waals surface area contributed by atoms with Gasteiger partial charge in [-0.3, -0.25) is 0 Å². The summed E-state index contributed by atoms with van der Waals surface area (Å²) in [6.07, 6.45) is 2.31. The lowest BCUT2D eigenvalue weighted by molar-refractivity contribution is 0.412.